The van der Waals surface area contributed by atoms with E-state index in [2.05, 4.69) is 15.4 Å². The zero-order valence-electron chi connectivity index (χ0n) is 18.5. The monoisotopic (exact) mass is 509 g/mol. The minimum atomic E-state index is -4.07. The van der Waals surface area contributed by atoms with E-state index in [-0.39, 0.29) is 15.5 Å². The fraction of sp³-hybridized carbons (Fsp3) is 0.391. The van der Waals surface area contributed by atoms with Crippen molar-refractivity contribution in [1.29, 1.82) is 0 Å². The largest absolute Gasteiger partial charge is 0.492 e. The maximum atomic E-state index is 12.5. The van der Waals surface area contributed by atoms with Gasteiger partial charge in [0.25, 0.3) is 5.91 Å². The summed E-state index contributed by atoms with van der Waals surface area (Å²) in [4.78, 5) is 24.0. The van der Waals surface area contributed by atoms with Crippen LogP contribution in [0.3, 0.4) is 0 Å². The normalized spacial score (nSPS) is 15.4. The summed E-state index contributed by atoms with van der Waals surface area (Å²) in [5, 5.41) is 15.4. The van der Waals surface area contributed by atoms with Crippen molar-refractivity contribution < 1.29 is 27.9 Å². The molecule has 0 saturated carbocycles. The van der Waals surface area contributed by atoms with E-state index < -0.39 is 34.5 Å². The van der Waals surface area contributed by atoms with Crippen LogP contribution in [0.15, 0.2) is 53.4 Å². The third-order valence-electron chi connectivity index (χ3n) is 5.55. The lowest BCUT2D eigenvalue weighted by atomic mass is 9.95. The summed E-state index contributed by atoms with van der Waals surface area (Å²) < 4.78 is 32.7. The average Bonchev–Trinajstić information content (AvgIpc) is 2.83. The van der Waals surface area contributed by atoms with Crippen LogP contribution in [-0.4, -0.2) is 57.7 Å². The van der Waals surface area contributed by atoms with E-state index in [1.807, 2.05) is 0 Å². The van der Waals surface area contributed by atoms with Gasteiger partial charge >= 0.3 is 5.97 Å². The molecular formula is C23H28ClN3O6S. The van der Waals surface area contributed by atoms with Crippen molar-refractivity contribution in [2.45, 2.75) is 30.2 Å². The number of amides is 1. The van der Waals surface area contributed by atoms with Crippen LogP contribution in [-0.2, 0) is 14.8 Å². The summed E-state index contributed by atoms with van der Waals surface area (Å²) in [7, 11) is -4.07. The first-order chi connectivity index (χ1) is 16.3. The number of halogens is 1. The predicted octanol–water partition coefficient (Wildman–Crippen LogP) is 2.27. The van der Waals surface area contributed by atoms with E-state index in [9.17, 15) is 23.1 Å². The highest BCUT2D eigenvalue weighted by Gasteiger charge is 2.26. The molecular weight excluding hydrogens is 482 g/mol. The van der Waals surface area contributed by atoms with Gasteiger partial charge in [0.15, 0.2) is 0 Å². The number of carboxylic acids is 1. The molecule has 9 nitrogen and oxygen atoms in total. The molecule has 0 spiro atoms. The van der Waals surface area contributed by atoms with Gasteiger partial charge in [-0.3, -0.25) is 9.59 Å². The van der Waals surface area contributed by atoms with Gasteiger partial charge in [0.05, 0.1) is 16.5 Å². The Balaban J connectivity index is 1.54. The Morgan fingerprint density at radius 3 is 2.50 bits per heavy atom. The molecule has 34 heavy (non-hydrogen) atoms. The fourth-order valence-electron chi connectivity index (χ4n) is 3.60. The number of rotatable bonds is 11. The second kappa shape index (κ2) is 12.2. The molecule has 1 fully saturated rings. The van der Waals surface area contributed by atoms with Gasteiger partial charge in [0.1, 0.15) is 11.8 Å². The zero-order chi connectivity index (χ0) is 24.6. The van der Waals surface area contributed by atoms with Crippen LogP contribution in [0.25, 0.3) is 0 Å². The van der Waals surface area contributed by atoms with Crippen LogP contribution < -0.4 is 20.1 Å². The number of hydrogen-bond acceptors (Lipinski definition) is 6. The molecule has 0 aliphatic carbocycles. The highest BCUT2D eigenvalue weighted by Crippen LogP contribution is 2.26. The number of ether oxygens (including phenoxy) is 1. The SMILES string of the molecule is O=C(NC[C@H](NS(=O)(=O)c1ccccc1)C(=O)O)c1ccc(OCCC2CCNCC2)c(Cl)c1. The van der Waals surface area contributed by atoms with Crippen molar-refractivity contribution >= 4 is 33.5 Å². The molecule has 11 heteroatoms. The second-order valence-corrected chi connectivity index (χ2v) is 10.1. The van der Waals surface area contributed by atoms with E-state index >= 15 is 0 Å². The zero-order valence-corrected chi connectivity index (χ0v) is 20.1. The minimum absolute atomic E-state index is 0.0740. The summed E-state index contributed by atoms with van der Waals surface area (Å²) in [6, 6.07) is 10.4. The summed E-state index contributed by atoms with van der Waals surface area (Å²) in [5.41, 5.74) is 0.200. The Bertz CT molecular complexity index is 1090. The Labute approximate surface area is 203 Å². The molecule has 1 heterocycles. The number of benzene rings is 2. The first-order valence-corrected chi connectivity index (χ1v) is 12.8. The molecule has 1 saturated heterocycles. The molecule has 2 aromatic carbocycles. The number of nitrogens with one attached hydrogen (secondary N) is 3. The van der Waals surface area contributed by atoms with Crippen LogP contribution >= 0.6 is 11.6 Å². The standard InChI is InChI=1S/C23H28ClN3O6S/c24-19-14-17(6-7-21(19)33-13-10-16-8-11-25-12-9-16)22(28)26-15-20(23(29)30)27-34(31,32)18-4-2-1-3-5-18/h1-7,14,16,20,25,27H,8-13,15H2,(H,26,28)(H,29,30)/t20-/m0/s1. The predicted molar refractivity (Wildman–Crippen MR) is 128 cm³/mol. The van der Waals surface area contributed by atoms with Crippen molar-refractivity contribution in [2.24, 2.45) is 5.92 Å². The van der Waals surface area contributed by atoms with Crippen molar-refractivity contribution in [3.8, 4) is 5.75 Å². The number of aliphatic carboxylic acids is 1. The third-order valence-corrected chi connectivity index (χ3v) is 7.34. The van der Waals surface area contributed by atoms with Crippen molar-refractivity contribution in [3.63, 3.8) is 0 Å². The second-order valence-electron chi connectivity index (χ2n) is 8.01. The van der Waals surface area contributed by atoms with Gasteiger partial charge in [0.2, 0.25) is 10.0 Å². The number of carbonyl (C=O) groups is 2. The fourth-order valence-corrected chi connectivity index (χ4v) is 5.04. The molecule has 0 unspecified atom stereocenters. The van der Waals surface area contributed by atoms with E-state index in [4.69, 9.17) is 16.3 Å². The lowest BCUT2D eigenvalue weighted by Gasteiger charge is -2.22. The van der Waals surface area contributed by atoms with Gasteiger partial charge in [-0.05, 0) is 68.6 Å². The molecule has 1 amide bonds. The number of sulfonamides is 1. The minimum Gasteiger partial charge on any atom is -0.492 e. The Morgan fingerprint density at radius 2 is 1.85 bits per heavy atom. The number of hydrogen-bond donors (Lipinski definition) is 4. The van der Waals surface area contributed by atoms with E-state index in [1.165, 1.54) is 36.4 Å². The van der Waals surface area contributed by atoms with Crippen LogP contribution in [0.1, 0.15) is 29.6 Å². The highest BCUT2D eigenvalue weighted by molar-refractivity contribution is 7.89. The quantitative estimate of drug-likeness (QED) is 0.365. The van der Waals surface area contributed by atoms with Crippen LogP contribution in [0, 0.1) is 5.92 Å². The van der Waals surface area contributed by atoms with Gasteiger partial charge in [-0.25, -0.2) is 8.42 Å². The lowest BCUT2D eigenvalue weighted by molar-refractivity contribution is -0.138. The third kappa shape index (κ3) is 7.42. The van der Waals surface area contributed by atoms with E-state index in [0.717, 1.165) is 32.4 Å². The topological polar surface area (TPSA) is 134 Å². The average molecular weight is 510 g/mol. The van der Waals surface area contributed by atoms with Gasteiger partial charge in [-0.1, -0.05) is 29.8 Å². The Morgan fingerprint density at radius 1 is 1.15 bits per heavy atom. The molecule has 0 bridgehead atoms. The number of carboxylic acid groups (broad SMARTS) is 1. The van der Waals surface area contributed by atoms with Gasteiger partial charge < -0.3 is 20.5 Å². The molecule has 4 N–H and O–H groups in total. The van der Waals surface area contributed by atoms with Crippen LogP contribution in [0.5, 0.6) is 5.75 Å². The maximum absolute atomic E-state index is 12.5. The van der Waals surface area contributed by atoms with Crippen LogP contribution in [0.4, 0.5) is 0 Å². The van der Waals surface area contributed by atoms with Gasteiger partial charge in [0, 0.05) is 12.1 Å². The van der Waals surface area contributed by atoms with Gasteiger partial charge in [-0.2, -0.15) is 4.72 Å². The molecule has 1 atom stereocenters. The molecule has 1 aliphatic rings. The molecule has 0 radical (unpaired) electrons. The summed E-state index contributed by atoms with van der Waals surface area (Å²) in [5.74, 6) is -0.929. The molecule has 3 rings (SSSR count). The van der Waals surface area contributed by atoms with Crippen LogP contribution in [0.2, 0.25) is 5.02 Å². The summed E-state index contributed by atoms with van der Waals surface area (Å²) >= 11 is 6.26. The maximum Gasteiger partial charge on any atom is 0.323 e. The van der Waals surface area contributed by atoms with E-state index in [1.54, 1.807) is 12.1 Å². The molecule has 184 valence electrons. The lowest BCUT2D eigenvalue weighted by Crippen LogP contribution is -2.48. The van der Waals surface area contributed by atoms with Crippen molar-refractivity contribution in [2.75, 3.05) is 26.2 Å². The Kier molecular flexibility index (Phi) is 9.28. The summed E-state index contributed by atoms with van der Waals surface area (Å²) in [6.45, 7) is 2.11. The first kappa shape index (κ1) is 26.0. The number of carbonyl (C=O) groups excluding carboxylic acids is 1. The van der Waals surface area contributed by atoms with Crippen molar-refractivity contribution in [3.05, 3.63) is 59.1 Å². The highest BCUT2D eigenvalue weighted by atomic mass is 35.5. The van der Waals surface area contributed by atoms with Crippen molar-refractivity contribution in [1.82, 2.24) is 15.4 Å². The molecule has 1 aliphatic heterocycles. The summed E-state index contributed by atoms with van der Waals surface area (Å²) in [6.07, 6.45) is 3.17. The first-order valence-electron chi connectivity index (χ1n) is 11.0. The van der Waals surface area contributed by atoms with Gasteiger partial charge in [-0.15, -0.1) is 0 Å². The Hall–Kier alpha value is -2.66. The van der Waals surface area contributed by atoms with E-state index in [0.29, 0.717) is 18.3 Å². The molecule has 2 aromatic rings. The number of piperidine rings is 1. The molecule has 0 aromatic heterocycles. The smallest absolute Gasteiger partial charge is 0.323 e.